The summed E-state index contributed by atoms with van der Waals surface area (Å²) in [6, 6.07) is 4.84. The lowest BCUT2D eigenvalue weighted by Gasteiger charge is -2.11. The maximum atomic E-state index is 11.9. The molecule has 0 saturated carbocycles. The highest BCUT2D eigenvalue weighted by molar-refractivity contribution is 6.01. The molecule has 3 N–H and O–H groups in total. The van der Waals surface area contributed by atoms with Crippen LogP contribution in [0.4, 0.5) is 5.69 Å². The highest BCUT2D eigenvalue weighted by Gasteiger charge is 2.21. The monoisotopic (exact) mass is 278 g/mol. The van der Waals surface area contributed by atoms with Crippen LogP contribution in [-0.2, 0) is 20.7 Å². The number of carboxylic acids is 1. The maximum absolute atomic E-state index is 11.9. The number of carbonyl (C=O) groups is 3. The van der Waals surface area contributed by atoms with Crippen LogP contribution in [-0.4, -0.2) is 42.6 Å². The first-order valence-electron chi connectivity index (χ1n) is 5.98. The first-order valence-corrected chi connectivity index (χ1v) is 5.98. The average Bonchev–Trinajstić information content (AvgIpc) is 2.77. The third kappa shape index (κ3) is 2.94. The Balaban J connectivity index is 2.02. The third-order valence-corrected chi connectivity index (χ3v) is 3.00. The minimum atomic E-state index is -1.14. The van der Waals surface area contributed by atoms with Gasteiger partial charge in [-0.15, -0.1) is 0 Å². The lowest BCUT2D eigenvalue weighted by molar-refractivity contribution is -0.148. The number of methoxy groups -OCH3 is 1. The van der Waals surface area contributed by atoms with Gasteiger partial charge in [-0.1, -0.05) is 0 Å². The van der Waals surface area contributed by atoms with E-state index in [4.69, 9.17) is 9.84 Å². The number of fused-ring (bicyclic) bond motifs is 1. The standard InChI is InChI=1S/C13H14N2O5/c1-20-10(13(18)19)6-14-12(17)7-2-3-9-8(4-7)5-11(16)15-9/h2-4,10H,5-6H2,1H3,(H,14,17)(H,15,16)(H,18,19). The summed E-state index contributed by atoms with van der Waals surface area (Å²) in [5.74, 6) is -1.66. The molecule has 1 atom stereocenters. The molecule has 2 amide bonds. The molecule has 7 heteroatoms. The largest absolute Gasteiger partial charge is 0.479 e. The van der Waals surface area contributed by atoms with Crippen molar-refractivity contribution in [2.45, 2.75) is 12.5 Å². The third-order valence-electron chi connectivity index (χ3n) is 3.00. The highest BCUT2D eigenvalue weighted by atomic mass is 16.5. The first kappa shape index (κ1) is 14.0. The van der Waals surface area contributed by atoms with Crippen molar-refractivity contribution in [1.82, 2.24) is 5.32 Å². The number of benzene rings is 1. The number of hydrogen-bond acceptors (Lipinski definition) is 4. The molecule has 1 aromatic carbocycles. The lowest BCUT2D eigenvalue weighted by Crippen LogP contribution is -2.37. The number of rotatable bonds is 5. The summed E-state index contributed by atoms with van der Waals surface area (Å²) in [7, 11) is 1.26. The number of anilines is 1. The number of ether oxygens (including phenoxy) is 1. The second kappa shape index (κ2) is 5.70. The van der Waals surface area contributed by atoms with Gasteiger partial charge in [0, 0.05) is 18.4 Å². The van der Waals surface area contributed by atoms with Crippen molar-refractivity contribution in [2.24, 2.45) is 0 Å². The minimum Gasteiger partial charge on any atom is -0.479 e. The summed E-state index contributed by atoms with van der Waals surface area (Å²) in [5.41, 5.74) is 1.83. The van der Waals surface area contributed by atoms with E-state index in [1.54, 1.807) is 18.2 Å². The predicted molar refractivity (Wildman–Crippen MR) is 69.5 cm³/mol. The summed E-state index contributed by atoms with van der Waals surface area (Å²) in [6.45, 7) is -0.126. The molecular weight excluding hydrogens is 264 g/mol. The van der Waals surface area contributed by atoms with Crippen LogP contribution in [0.25, 0.3) is 0 Å². The van der Waals surface area contributed by atoms with E-state index in [0.717, 1.165) is 5.56 Å². The molecule has 0 fully saturated rings. The van der Waals surface area contributed by atoms with Crippen LogP contribution in [0.3, 0.4) is 0 Å². The Morgan fingerprint density at radius 2 is 2.25 bits per heavy atom. The Kier molecular flexibility index (Phi) is 3.99. The SMILES string of the molecule is COC(CNC(=O)c1ccc2c(c1)CC(=O)N2)C(=O)O. The van der Waals surface area contributed by atoms with E-state index in [2.05, 4.69) is 10.6 Å². The van der Waals surface area contributed by atoms with Crippen LogP contribution in [0.15, 0.2) is 18.2 Å². The van der Waals surface area contributed by atoms with Crippen LogP contribution in [0.5, 0.6) is 0 Å². The zero-order valence-corrected chi connectivity index (χ0v) is 10.8. The van der Waals surface area contributed by atoms with Crippen LogP contribution in [0, 0.1) is 0 Å². The molecule has 20 heavy (non-hydrogen) atoms. The quantitative estimate of drug-likeness (QED) is 0.703. The summed E-state index contributed by atoms with van der Waals surface area (Å²) in [4.78, 5) is 33.9. The van der Waals surface area contributed by atoms with E-state index in [1.165, 1.54) is 7.11 Å². The molecule has 0 saturated heterocycles. The fourth-order valence-electron chi connectivity index (χ4n) is 1.93. The lowest BCUT2D eigenvalue weighted by atomic mass is 10.1. The van der Waals surface area contributed by atoms with Gasteiger partial charge in [0.15, 0.2) is 6.10 Å². The van der Waals surface area contributed by atoms with Gasteiger partial charge in [0.2, 0.25) is 5.91 Å². The van der Waals surface area contributed by atoms with Gasteiger partial charge in [0.1, 0.15) is 0 Å². The first-order chi connectivity index (χ1) is 9.51. The van der Waals surface area contributed by atoms with Crippen molar-refractivity contribution in [3.63, 3.8) is 0 Å². The van der Waals surface area contributed by atoms with Gasteiger partial charge in [-0.05, 0) is 23.8 Å². The summed E-state index contributed by atoms with van der Waals surface area (Å²) < 4.78 is 4.72. The smallest absolute Gasteiger partial charge is 0.334 e. The molecule has 2 rings (SSSR count). The zero-order valence-electron chi connectivity index (χ0n) is 10.8. The van der Waals surface area contributed by atoms with Crippen molar-refractivity contribution < 1.29 is 24.2 Å². The van der Waals surface area contributed by atoms with Gasteiger partial charge in [-0.25, -0.2) is 4.79 Å². The molecule has 106 valence electrons. The van der Waals surface area contributed by atoms with Gasteiger partial charge < -0.3 is 20.5 Å². The van der Waals surface area contributed by atoms with E-state index in [9.17, 15) is 14.4 Å². The minimum absolute atomic E-state index is 0.108. The number of carbonyl (C=O) groups excluding carboxylic acids is 2. The Morgan fingerprint density at radius 1 is 1.50 bits per heavy atom. The molecule has 1 aliphatic heterocycles. The van der Waals surface area contributed by atoms with Gasteiger partial charge in [-0.3, -0.25) is 9.59 Å². The Morgan fingerprint density at radius 3 is 2.90 bits per heavy atom. The number of amides is 2. The fourth-order valence-corrected chi connectivity index (χ4v) is 1.93. The van der Waals surface area contributed by atoms with E-state index >= 15 is 0 Å². The van der Waals surface area contributed by atoms with Crippen molar-refractivity contribution >= 4 is 23.5 Å². The molecule has 0 bridgehead atoms. The molecule has 1 aromatic rings. The fraction of sp³-hybridized carbons (Fsp3) is 0.308. The molecule has 0 aromatic heterocycles. The van der Waals surface area contributed by atoms with Gasteiger partial charge in [0.05, 0.1) is 13.0 Å². The average molecular weight is 278 g/mol. The normalized spacial score (nSPS) is 14.3. The van der Waals surface area contributed by atoms with Crippen molar-refractivity contribution in [1.29, 1.82) is 0 Å². The van der Waals surface area contributed by atoms with Crippen LogP contribution >= 0.6 is 0 Å². The second-order valence-corrected chi connectivity index (χ2v) is 4.37. The molecule has 0 aliphatic carbocycles. The van der Waals surface area contributed by atoms with Gasteiger partial charge >= 0.3 is 5.97 Å². The van der Waals surface area contributed by atoms with Crippen molar-refractivity contribution in [3.05, 3.63) is 29.3 Å². The number of hydrogen-bond donors (Lipinski definition) is 3. The van der Waals surface area contributed by atoms with E-state index < -0.39 is 18.0 Å². The van der Waals surface area contributed by atoms with E-state index in [-0.39, 0.29) is 18.9 Å². The Bertz CT molecular complexity index is 570. The molecule has 7 nitrogen and oxygen atoms in total. The van der Waals surface area contributed by atoms with Gasteiger partial charge in [0.25, 0.3) is 5.91 Å². The van der Waals surface area contributed by atoms with Crippen molar-refractivity contribution in [3.8, 4) is 0 Å². The predicted octanol–water partition coefficient (Wildman–Crippen LogP) is 0.0106. The second-order valence-electron chi connectivity index (χ2n) is 4.37. The van der Waals surface area contributed by atoms with Crippen molar-refractivity contribution in [2.75, 3.05) is 19.0 Å². The molecule has 0 spiro atoms. The maximum Gasteiger partial charge on any atom is 0.334 e. The summed E-state index contributed by atoms with van der Waals surface area (Å²) in [5, 5.41) is 13.9. The molecule has 1 unspecified atom stereocenters. The molecule has 0 radical (unpaired) electrons. The number of carboxylic acid groups (broad SMARTS) is 1. The number of nitrogens with one attached hydrogen (secondary N) is 2. The van der Waals surface area contributed by atoms with Gasteiger partial charge in [-0.2, -0.15) is 0 Å². The van der Waals surface area contributed by atoms with E-state index in [1.807, 2.05) is 0 Å². The molecule has 1 aliphatic rings. The number of aliphatic carboxylic acids is 1. The van der Waals surface area contributed by atoms with E-state index in [0.29, 0.717) is 11.3 Å². The van der Waals surface area contributed by atoms with Crippen LogP contribution in [0.2, 0.25) is 0 Å². The highest BCUT2D eigenvalue weighted by Crippen LogP contribution is 2.23. The zero-order chi connectivity index (χ0) is 14.7. The summed E-state index contributed by atoms with van der Waals surface area (Å²) >= 11 is 0. The summed E-state index contributed by atoms with van der Waals surface area (Å²) in [6.07, 6.45) is -0.844. The molecular formula is C13H14N2O5. The molecule has 1 heterocycles. The van der Waals surface area contributed by atoms with Crippen LogP contribution in [0.1, 0.15) is 15.9 Å². The Hall–Kier alpha value is -2.41. The topological polar surface area (TPSA) is 105 Å². The Labute approximate surface area is 114 Å². The van der Waals surface area contributed by atoms with Crippen LogP contribution < -0.4 is 10.6 Å².